The zero-order valence-electron chi connectivity index (χ0n) is 33.7. The summed E-state index contributed by atoms with van der Waals surface area (Å²) in [5.41, 5.74) is 54.4. The van der Waals surface area contributed by atoms with Crippen molar-refractivity contribution in [3.05, 3.63) is 77.9 Å². The van der Waals surface area contributed by atoms with Crippen LogP contribution in [0.5, 0.6) is 5.75 Å². The second-order valence-corrected chi connectivity index (χ2v) is 13.0. The van der Waals surface area contributed by atoms with Crippen LogP contribution in [0.4, 0.5) is 0 Å². The Morgan fingerprint density at radius 2 is 0.923 bits per heavy atom. The molecule has 7 amide bonds. The number of benzene rings is 3. The largest absolute Gasteiger partial charge is 0.507 e. The third-order valence-corrected chi connectivity index (χ3v) is 8.03. The van der Waals surface area contributed by atoms with Gasteiger partial charge in [-0.15, -0.1) is 0 Å². The van der Waals surface area contributed by atoms with Gasteiger partial charge in [-0.05, 0) is 22.4 Å². The number of fused-ring (bicyclic) bond motifs is 1. The van der Waals surface area contributed by atoms with E-state index in [-0.39, 0.29) is 16.9 Å². The van der Waals surface area contributed by atoms with Crippen LogP contribution in [-0.2, 0) is 33.6 Å². The Hall–Kier alpha value is -9.32. The number of phenolic OH excluding ortho intramolecular Hbond substituents is 1. The molecule has 7 unspecified atom stereocenters. The lowest BCUT2D eigenvalue weighted by Gasteiger charge is -2.24. The third kappa shape index (κ3) is 15.3. The van der Waals surface area contributed by atoms with Crippen molar-refractivity contribution >= 4 is 82.2 Å². The monoisotopic (exact) mass is 905 g/mol. The number of aliphatic hydroxyl groups is 1. The highest BCUT2D eigenvalue weighted by atomic mass is 16.3. The van der Waals surface area contributed by atoms with E-state index in [0.29, 0.717) is 5.39 Å². The predicted molar refractivity (Wildman–Crippen MR) is 233 cm³/mol. The summed E-state index contributed by atoms with van der Waals surface area (Å²) < 4.78 is 0. The second-order valence-electron chi connectivity index (χ2n) is 13.0. The molecule has 0 aromatic heterocycles. The smallest absolute Gasteiger partial charge is 0.272 e. The van der Waals surface area contributed by atoms with Crippen LogP contribution in [0.25, 0.3) is 10.8 Å². The van der Waals surface area contributed by atoms with Gasteiger partial charge in [-0.1, -0.05) is 60.7 Å². The Balaban J connectivity index is 1.88. The van der Waals surface area contributed by atoms with E-state index in [9.17, 15) is 43.8 Å². The number of aliphatic hydroxyl groups excluding tert-OH is 1. The van der Waals surface area contributed by atoms with Gasteiger partial charge in [-0.3, -0.25) is 38.6 Å². The summed E-state index contributed by atoms with van der Waals surface area (Å²) in [6.07, 6.45) is -11.4. The molecule has 65 heavy (non-hydrogen) atoms. The van der Waals surface area contributed by atoms with Crippen LogP contribution < -0.4 is 89.2 Å². The molecule has 28 N–H and O–H groups in total. The predicted octanol–water partition coefficient (Wildman–Crippen LogP) is -9.11. The van der Waals surface area contributed by atoms with Gasteiger partial charge in [-0.25, -0.2) is 20.0 Å². The Labute approximate surface area is 366 Å². The lowest BCUT2D eigenvalue weighted by atomic mass is 10.0. The summed E-state index contributed by atoms with van der Waals surface area (Å²) >= 11 is 0. The SMILES string of the molecule is NC(=O)C(N)NC(=O)C(N=C(N)N)NC(=O)C(N=C(N)N)NC(=O)C(N=C(N)N)NC(=O)C(N=C(N)N)NC(=O)C(NC(=O)C(O)N=Cc1c(O)ccc2ccccc12)c1ccccc1. The summed E-state index contributed by atoms with van der Waals surface area (Å²) in [5, 5.41) is 34.9. The maximum Gasteiger partial charge on any atom is 0.272 e. The maximum atomic E-state index is 13.9. The van der Waals surface area contributed by atoms with Gasteiger partial charge in [-0.2, -0.15) is 0 Å². The number of aromatic hydroxyl groups is 1. The molecule has 3 aromatic carbocycles. The molecule has 7 atom stereocenters. The molecule has 3 aromatic rings. The highest BCUT2D eigenvalue weighted by Gasteiger charge is 2.34. The number of carbonyl (C=O) groups excluding carboxylic acids is 7. The van der Waals surface area contributed by atoms with Gasteiger partial charge in [0.05, 0.1) is 0 Å². The van der Waals surface area contributed by atoms with Crippen LogP contribution in [-0.4, -0.2) is 119 Å². The van der Waals surface area contributed by atoms with Gasteiger partial charge in [0.1, 0.15) is 11.8 Å². The van der Waals surface area contributed by atoms with Gasteiger partial charge in [0, 0.05) is 11.8 Å². The minimum atomic E-state index is -2.20. The molecule has 346 valence electrons. The zero-order chi connectivity index (χ0) is 48.5. The first-order chi connectivity index (χ1) is 30.6. The van der Waals surface area contributed by atoms with Gasteiger partial charge in [0.2, 0.25) is 36.8 Å². The van der Waals surface area contributed by atoms with Crippen LogP contribution >= 0.6 is 0 Å². The number of guanidine groups is 4. The Bertz CT molecular complexity index is 2410. The van der Waals surface area contributed by atoms with Crippen molar-refractivity contribution in [3.8, 4) is 5.75 Å². The first-order valence-electron chi connectivity index (χ1n) is 18.3. The molecule has 0 saturated carbocycles. The number of carbonyl (C=O) groups is 7. The van der Waals surface area contributed by atoms with Crippen LogP contribution in [0.3, 0.4) is 0 Å². The van der Waals surface area contributed by atoms with Gasteiger partial charge in [0.15, 0.2) is 30.0 Å². The molecular formula is C35H47N21O9. The number of nitrogens with one attached hydrogen (secondary N) is 6. The van der Waals surface area contributed by atoms with Gasteiger partial charge < -0.3 is 99.5 Å². The van der Waals surface area contributed by atoms with Crippen molar-refractivity contribution in [2.24, 2.45) is 82.3 Å². The molecule has 0 fully saturated rings. The van der Waals surface area contributed by atoms with E-state index >= 15 is 0 Å². The molecule has 0 aliphatic carbocycles. The summed E-state index contributed by atoms with van der Waals surface area (Å²) in [4.78, 5) is 110. The average molecular weight is 906 g/mol. The van der Waals surface area contributed by atoms with E-state index in [4.69, 9.17) is 57.3 Å². The molecule has 0 spiro atoms. The highest BCUT2D eigenvalue weighted by molar-refractivity contribution is 6.03. The van der Waals surface area contributed by atoms with Crippen molar-refractivity contribution in [2.45, 2.75) is 43.1 Å². The first-order valence-corrected chi connectivity index (χ1v) is 18.3. The van der Waals surface area contributed by atoms with Crippen LogP contribution in [0, 0.1) is 0 Å². The molecular weight excluding hydrogens is 859 g/mol. The van der Waals surface area contributed by atoms with Crippen molar-refractivity contribution in [3.63, 3.8) is 0 Å². The van der Waals surface area contributed by atoms with Crippen LogP contribution in [0.15, 0.2) is 91.7 Å². The molecule has 0 bridgehead atoms. The van der Waals surface area contributed by atoms with E-state index in [0.717, 1.165) is 11.6 Å². The molecule has 30 nitrogen and oxygen atoms in total. The van der Waals surface area contributed by atoms with Crippen molar-refractivity contribution in [2.75, 3.05) is 0 Å². The lowest BCUT2D eigenvalue weighted by molar-refractivity contribution is -0.136. The fourth-order valence-electron chi connectivity index (χ4n) is 5.18. The molecule has 0 heterocycles. The van der Waals surface area contributed by atoms with E-state index in [1.54, 1.807) is 36.4 Å². The van der Waals surface area contributed by atoms with E-state index in [2.05, 4.69) is 35.6 Å². The van der Waals surface area contributed by atoms with Crippen molar-refractivity contribution in [1.29, 1.82) is 0 Å². The number of nitrogens with zero attached hydrogens (tertiary/aromatic N) is 5. The van der Waals surface area contributed by atoms with E-state index in [1.165, 1.54) is 30.3 Å². The number of rotatable bonds is 20. The molecule has 0 saturated heterocycles. The fourth-order valence-corrected chi connectivity index (χ4v) is 5.18. The minimum absolute atomic E-state index is 0.113. The van der Waals surface area contributed by atoms with Gasteiger partial charge in [0.25, 0.3) is 35.4 Å². The van der Waals surface area contributed by atoms with Crippen molar-refractivity contribution < 1.29 is 43.8 Å². The Kier molecular flexibility index (Phi) is 17.7. The molecule has 0 radical (unpaired) electrons. The lowest BCUT2D eigenvalue weighted by Crippen LogP contribution is -2.60. The summed E-state index contributed by atoms with van der Waals surface area (Å²) in [6.45, 7) is 0. The van der Waals surface area contributed by atoms with E-state index < -0.39 is 108 Å². The van der Waals surface area contributed by atoms with E-state index in [1.807, 2.05) is 21.3 Å². The summed E-state index contributed by atoms with van der Waals surface area (Å²) in [7, 11) is 0. The number of hydrogen-bond acceptors (Lipinski definition) is 15. The summed E-state index contributed by atoms with van der Waals surface area (Å²) in [5.74, 6) is -12.4. The molecule has 0 aliphatic heterocycles. The second kappa shape index (κ2) is 23.0. The fraction of sp³-hybridized carbons (Fsp3) is 0.200. The maximum absolute atomic E-state index is 13.9. The Morgan fingerprint density at radius 1 is 0.508 bits per heavy atom. The average Bonchev–Trinajstić information content (AvgIpc) is 3.23. The quantitative estimate of drug-likeness (QED) is 0.0284. The number of aliphatic imine (C=N–C) groups is 5. The van der Waals surface area contributed by atoms with Crippen LogP contribution in [0.2, 0.25) is 0 Å². The minimum Gasteiger partial charge on any atom is -0.507 e. The highest BCUT2D eigenvalue weighted by Crippen LogP contribution is 2.25. The molecule has 3 rings (SSSR count). The topological polar surface area (TPSA) is 554 Å². The molecule has 0 aliphatic rings. The standard InChI is InChI=1S/C35H47N21O9/c36-19(20(37)58)48-26(60)21(53-32(38)39)50-28(62)23(55-34(42)43)52-29(63)24(56-35(44)45)51-27(61)22(54-33(40)41)49-25(59)18(14-7-2-1-3-8-14)47-31(65)30(64)46-12-16-15-9-5-4-6-13(15)10-11-17(16)57/h1-12,18-19,21-24,30,57,64H,36H2,(H2,37,58)(H,47,65)(H,48,60)(H,49,59)(H,50,62)(H,51,61)(H,52,63)(H4,38,39,53)(H4,40,41,54)(H4,42,43,55)(H4,44,45,56). The van der Waals surface area contributed by atoms with Crippen molar-refractivity contribution in [1.82, 2.24) is 31.9 Å². The Morgan fingerprint density at radius 3 is 1.37 bits per heavy atom. The molecule has 30 heteroatoms. The van der Waals surface area contributed by atoms with Gasteiger partial charge >= 0.3 is 0 Å². The number of nitrogens with two attached hydrogens (primary N) is 10. The zero-order valence-corrected chi connectivity index (χ0v) is 33.7. The summed E-state index contributed by atoms with van der Waals surface area (Å²) in [6, 6.07) is 15.7. The third-order valence-electron chi connectivity index (χ3n) is 8.03. The first kappa shape index (κ1) is 50.0. The normalized spacial score (nSPS) is 13.9. The van der Waals surface area contributed by atoms with Crippen LogP contribution in [0.1, 0.15) is 17.2 Å². The number of primary amides is 1. The number of amides is 7. The number of hydrogen-bond donors (Lipinski definition) is 18. The number of phenols is 1.